The van der Waals surface area contributed by atoms with Crippen LogP contribution in [0, 0.1) is 17.6 Å². The van der Waals surface area contributed by atoms with Gasteiger partial charge in [0.2, 0.25) is 0 Å². The largest absolute Gasteiger partial charge is 0.497 e. The lowest BCUT2D eigenvalue weighted by atomic mass is 10.2. The molecule has 0 aliphatic heterocycles. The summed E-state index contributed by atoms with van der Waals surface area (Å²) in [5.41, 5.74) is 1.63. The molecule has 8 nitrogen and oxygen atoms in total. The van der Waals surface area contributed by atoms with Crippen LogP contribution in [0.15, 0.2) is 66.7 Å². The number of anilines is 2. The summed E-state index contributed by atoms with van der Waals surface area (Å²) in [6, 6.07) is 16.7. The predicted octanol–water partition coefficient (Wildman–Crippen LogP) is 5.90. The van der Waals surface area contributed by atoms with Gasteiger partial charge < -0.3 is 20.1 Å². The second-order valence-electron chi connectivity index (χ2n) is 8.32. The number of halogens is 2. The number of aromatic nitrogens is 3. The second kappa shape index (κ2) is 10.9. The van der Waals surface area contributed by atoms with E-state index in [1.165, 1.54) is 0 Å². The van der Waals surface area contributed by atoms with Crippen LogP contribution < -0.4 is 20.1 Å². The lowest BCUT2D eigenvalue weighted by Crippen LogP contribution is -2.20. The average molecular weight is 494 g/mol. The lowest BCUT2D eigenvalue weighted by molar-refractivity contribution is 0.251. The van der Waals surface area contributed by atoms with Crippen molar-refractivity contribution in [2.75, 3.05) is 24.4 Å². The topological polar surface area (TPSA) is 90.3 Å². The van der Waals surface area contributed by atoms with E-state index >= 15 is 0 Å². The minimum absolute atomic E-state index is 0.145. The molecule has 0 bridgehead atoms. The third kappa shape index (κ3) is 5.96. The summed E-state index contributed by atoms with van der Waals surface area (Å²) in [6.45, 7) is 4.50. The first kappa shape index (κ1) is 24.6. The van der Waals surface area contributed by atoms with Crippen LogP contribution in [0.4, 0.5) is 25.0 Å². The fourth-order valence-electron chi connectivity index (χ4n) is 3.32. The summed E-state index contributed by atoms with van der Waals surface area (Å²) in [4.78, 5) is 17.0. The van der Waals surface area contributed by atoms with Crippen LogP contribution in [0.5, 0.6) is 11.8 Å². The van der Waals surface area contributed by atoms with Gasteiger partial charge in [-0.25, -0.2) is 18.3 Å². The van der Waals surface area contributed by atoms with Crippen molar-refractivity contribution in [3.63, 3.8) is 0 Å². The maximum Gasteiger partial charge on any atom is 0.336 e. The SMILES string of the molecule is COc1cccc(-c2nc(OCC(C)C)nn2-c2cccc(NC(=O)Nc3ccc(F)cc3F)c2)c1. The number of methoxy groups -OCH3 is 1. The van der Waals surface area contributed by atoms with Gasteiger partial charge in [-0.1, -0.05) is 32.0 Å². The van der Waals surface area contributed by atoms with Crippen molar-refractivity contribution in [2.45, 2.75) is 13.8 Å². The Morgan fingerprint density at radius 2 is 1.83 bits per heavy atom. The zero-order valence-corrected chi connectivity index (χ0v) is 20.0. The Hall–Kier alpha value is -4.47. The fraction of sp³-hybridized carbons (Fsp3) is 0.192. The van der Waals surface area contributed by atoms with Gasteiger partial charge in [-0.15, -0.1) is 5.10 Å². The zero-order valence-electron chi connectivity index (χ0n) is 20.0. The molecule has 0 unspecified atom stereocenters. The molecule has 4 aromatic rings. The number of hydrogen-bond acceptors (Lipinski definition) is 5. The van der Waals surface area contributed by atoms with E-state index in [2.05, 4.69) is 20.7 Å². The van der Waals surface area contributed by atoms with Gasteiger partial charge in [0.25, 0.3) is 0 Å². The number of nitrogens with zero attached hydrogens (tertiary/aromatic N) is 3. The molecule has 2 N–H and O–H groups in total. The first-order valence-corrected chi connectivity index (χ1v) is 11.2. The number of amides is 2. The van der Waals surface area contributed by atoms with E-state index in [4.69, 9.17) is 9.47 Å². The third-order valence-corrected chi connectivity index (χ3v) is 4.99. The van der Waals surface area contributed by atoms with Crippen molar-refractivity contribution in [2.24, 2.45) is 5.92 Å². The van der Waals surface area contributed by atoms with E-state index in [1.807, 2.05) is 38.1 Å². The molecular weight excluding hydrogens is 468 g/mol. The van der Waals surface area contributed by atoms with Crippen molar-refractivity contribution < 1.29 is 23.0 Å². The smallest absolute Gasteiger partial charge is 0.336 e. The average Bonchev–Trinajstić information content (AvgIpc) is 3.29. The van der Waals surface area contributed by atoms with E-state index in [1.54, 1.807) is 36.1 Å². The Labute approximate surface area is 206 Å². The van der Waals surface area contributed by atoms with E-state index in [0.29, 0.717) is 35.6 Å². The number of carbonyl (C=O) groups excluding carboxylic acids is 1. The summed E-state index contributed by atoms with van der Waals surface area (Å²) in [7, 11) is 1.58. The summed E-state index contributed by atoms with van der Waals surface area (Å²) >= 11 is 0. The molecule has 0 spiro atoms. The molecule has 0 radical (unpaired) electrons. The number of hydrogen-bond donors (Lipinski definition) is 2. The normalized spacial score (nSPS) is 10.8. The van der Waals surface area contributed by atoms with Gasteiger partial charge >= 0.3 is 12.0 Å². The molecule has 0 saturated carbocycles. The molecular formula is C26H25F2N5O3. The minimum atomic E-state index is -0.877. The van der Waals surface area contributed by atoms with Crippen molar-refractivity contribution in [1.82, 2.24) is 14.8 Å². The van der Waals surface area contributed by atoms with Crippen LogP contribution >= 0.6 is 0 Å². The molecule has 4 rings (SSSR count). The first-order chi connectivity index (χ1) is 17.3. The number of ether oxygens (including phenoxy) is 2. The summed E-state index contributed by atoms with van der Waals surface area (Å²) in [5, 5.41) is 9.53. The summed E-state index contributed by atoms with van der Waals surface area (Å²) < 4.78 is 39.7. The first-order valence-electron chi connectivity index (χ1n) is 11.2. The highest BCUT2D eigenvalue weighted by molar-refractivity contribution is 6.00. The van der Waals surface area contributed by atoms with E-state index < -0.39 is 17.7 Å². The van der Waals surface area contributed by atoms with Crippen LogP contribution in [0.3, 0.4) is 0 Å². The van der Waals surface area contributed by atoms with Gasteiger partial charge in [-0.2, -0.15) is 4.98 Å². The zero-order chi connectivity index (χ0) is 25.7. The molecule has 36 heavy (non-hydrogen) atoms. The van der Waals surface area contributed by atoms with Crippen LogP contribution in [-0.2, 0) is 0 Å². The van der Waals surface area contributed by atoms with Gasteiger partial charge in [0, 0.05) is 17.3 Å². The van der Waals surface area contributed by atoms with Crippen molar-refractivity contribution in [3.05, 3.63) is 78.4 Å². The van der Waals surface area contributed by atoms with Crippen molar-refractivity contribution in [3.8, 4) is 28.8 Å². The predicted molar refractivity (Wildman–Crippen MR) is 133 cm³/mol. The van der Waals surface area contributed by atoms with Crippen LogP contribution in [0.2, 0.25) is 0 Å². The number of benzene rings is 3. The van der Waals surface area contributed by atoms with Gasteiger partial charge in [-0.05, 0) is 48.4 Å². The Balaban J connectivity index is 1.62. The molecule has 1 heterocycles. The minimum Gasteiger partial charge on any atom is -0.497 e. The van der Waals surface area contributed by atoms with Gasteiger partial charge in [0.05, 0.1) is 25.1 Å². The second-order valence-corrected chi connectivity index (χ2v) is 8.32. The fourth-order valence-corrected chi connectivity index (χ4v) is 3.32. The van der Waals surface area contributed by atoms with E-state index in [9.17, 15) is 13.6 Å². The molecule has 0 atom stereocenters. The van der Waals surface area contributed by atoms with Crippen LogP contribution in [-0.4, -0.2) is 34.5 Å². The van der Waals surface area contributed by atoms with Crippen molar-refractivity contribution in [1.29, 1.82) is 0 Å². The lowest BCUT2D eigenvalue weighted by Gasteiger charge is -2.11. The van der Waals surface area contributed by atoms with Gasteiger partial charge in [0.15, 0.2) is 5.82 Å². The number of carbonyl (C=O) groups is 1. The molecule has 0 saturated heterocycles. The van der Waals surface area contributed by atoms with Crippen LogP contribution in [0.25, 0.3) is 17.1 Å². The number of nitrogens with one attached hydrogen (secondary N) is 2. The monoisotopic (exact) mass is 493 g/mol. The summed E-state index contributed by atoms with van der Waals surface area (Å²) in [6.07, 6.45) is 0. The highest BCUT2D eigenvalue weighted by Gasteiger charge is 2.17. The van der Waals surface area contributed by atoms with E-state index in [0.717, 1.165) is 17.7 Å². The standard InChI is InChI=1S/C26H25F2N5O3/c1-16(2)15-36-26-31-24(17-6-4-9-21(12-17)35-3)33(32-26)20-8-5-7-19(14-20)29-25(34)30-23-11-10-18(27)13-22(23)28/h4-14,16H,15H2,1-3H3,(H2,29,30,34). The maximum atomic E-state index is 13.9. The quantitative estimate of drug-likeness (QED) is 0.319. The molecule has 0 fully saturated rings. The Kier molecular flexibility index (Phi) is 7.43. The Morgan fingerprint density at radius 1 is 1.03 bits per heavy atom. The molecule has 1 aromatic heterocycles. The highest BCUT2D eigenvalue weighted by Crippen LogP contribution is 2.28. The molecule has 2 amide bonds. The van der Waals surface area contributed by atoms with Gasteiger partial charge in [-0.3, -0.25) is 0 Å². The number of urea groups is 1. The van der Waals surface area contributed by atoms with E-state index in [-0.39, 0.29) is 17.6 Å². The molecule has 10 heteroatoms. The molecule has 0 aliphatic carbocycles. The van der Waals surface area contributed by atoms with Crippen LogP contribution in [0.1, 0.15) is 13.8 Å². The highest BCUT2D eigenvalue weighted by atomic mass is 19.1. The maximum absolute atomic E-state index is 13.9. The number of rotatable bonds is 8. The van der Waals surface area contributed by atoms with Gasteiger partial charge in [0.1, 0.15) is 17.4 Å². The Bertz CT molecular complexity index is 1370. The molecule has 3 aromatic carbocycles. The molecule has 186 valence electrons. The third-order valence-electron chi connectivity index (χ3n) is 4.99. The molecule has 0 aliphatic rings. The van der Waals surface area contributed by atoms with Crippen molar-refractivity contribution >= 4 is 17.4 Å². The Morgan fingerprint density at radius 3 is 2.58 bits per heavy atom. The summed E-state index contributed by atoms with van der Waals surface area (Å²) in [5.74, 6) is -0.149.